The zero-order valence-electron chi connectivity index (χ0n) is 18.1. The van der Waals surface area contributed by atoms with Gasteiger partial charge in [0.25, 0.3) is 0 Å². The molecule has 0 saturated heterocycles. The van der Waals surface area contributed by atoms with Crippen LogP contribution in [0.2, 0.25) is 0 Å². The van der Waals surface area contributed by atoms with Crippen molar-refractivity contribution in [1.82, 2.24) is 14.8 Å². The van der Waals surface area contributed by atoms with Crippen LogP contribution in [0.5, 0.6) is 5.75 Å². The summed E-state index contributed by atoms with van der Waals surface area (Å²) in [6, 6.07) is 37.1. The molecule has 162 valence electrons. The van der Waals surface area contributed by atoms with Gasteiger partial charge in [-0.25, -0.2) is 0 Å². The first-order chi connectivity index (χ1) is 16.2. The van der Waals surface area contributed by atoms with Crippen LogP contribution in [-0.2, 0) is 0 Å². The van der Waals surface area contributed by atoms with Crippen molar-refractivity contribution in [3.8, 4) is 22.8 Å². The highest BCUT2D eigenvalue weighted by molar-refractivity contribution is 9.10. The second kappa shape index (κ2) is 9.43. The normalized spacial score (nSPS) is 11.0. The lowest BCUT2D eigenvalue weighted by atomic mass is 9.90. The minimum atomic E-state index is -0.0736. The van der Waals surface area contributed by atoms with Crippen molar-refractivity contribution in [2.24, 2.45) is 0 Å². The van der Waals surface area contributed by atoms with Crippen molar-refractivity contribution in [2.45, 2.75) is 5.92 Å². The standard InChI is InChI=1S/C28H22BrN3O/c1-33-25-18-12-22(13-19-25)27-30-31-28(32(27)24-16-14-23(29)15-17-24)26(20-8-4-2-5-9-20)21-10-6-3-7-11-21/h2-19,26H,1H3. The fourth-order valence-electron chi connectivity index (χ4n) is 4.04. The second-order valence-corrected chi connectivity index (χ2v) is 8.59. The maximum atomic E-state index is 5.34. The Morgan fingerprint density at radius 3 is 1.82 bits per heavy atom. The van der Waals surface area contributed by atoms with Gasteiger partial charge in [0.15, 0.2) is 5.82 Å². The van der Waals surface area contributed by atoms with Gasteiger partial charge in [0.05, 0.1) is 13.0 Å². The van der Waals surface area contributed by atoms with E-state index in [9.17, 15) is 0 Å². The lowest BCUT2D eigenvalue weighted by Gasteiger charge is -2.20. The van der Waals surface area contributed by atoms with Gasteiger partial charge in [-0.15, -0.1) is 10.2 Å². The van der Waals surface area contributed by atoms with Gasteiger partial charge in [-0.05, 0) is 59.7 Å². The van der Waals surface area contributed by atoms with E-state index >= 15 is 0 Å². The zero-order chi connectivity index (χ0) is 22.6. The van der Waals surface area contributed by atoms with E-state index in [1.54, 1.807) is 7.11 Å². The number of hydrogen-bond donors (Lipinski definition) is 0. The molecule has 5 rings (SSSR count). The number of ether oxygens (including phenoxy) is 1. The number of halogens is 1. The van der Waals surface area contributed by atoms with Gasteiger partial charge in [0.2, 0.25) is 0 Å². The molecule has 4 aromatic carbocycles. The summed E-state index contributed by atoms with van der Waals surface area (Å²) in [5, 5.41) is 9.43. The lowest BCUT2D eigenvalue weighted by molar-refractivity contribution is 0.415. The monoisotopic (exact) mass is 495 g/mol. The van der Waals surface area contributed by atoms with Crippen LogP contribution in [0.25, 0.3) is 17.1 Å². The zero-order valence-corrected chi connectivity index (χ0v) is 19.7. The minimum Gasteiger partial charge on any atom is -0.497 e. The highest BCUT2D eigenvalue weighted by atomic mass is 79.9. The average Bonchev–Trinajstić information content (AvgIpc) is 3.30. The molecule has 5 heteroatoms. The fraction of sp³-hybridized carbons (Fsp3) is 0.0714. The van der Waals surface area contributed by atoms with Crippen LogP contribution >= 0.6 is 15.9 Å². The summed E-state index contributed by atoms with van der Waals surface area (Å²) in [7, 11) is 1.67. The van der Waals surface area contributed by atoms with Gasteiger partial charge in [-0.1, -0.05) is 76.6 Å². The predicted octanol–water partition coefficient (Wildman–Crippen LogP) is 6.89. The minimum absolute atomic E-state index is 0.0736. The van der Waals surface area contributed by atoms with E-state index in [1.807, 2.05) is 48.5 Å². The van der Waals surface area contributed by atoms with Crippen molar-refractivity contribution < 1.29 is 4.74 Å². The van der Waals surface area contributed by atoms with E-state index in [2.05, 4.69) is 86.3 Å². The summed E-state index contributed by atoms with van der Waals surface area (Å²) in [6.07, 6.45) is 0. The van der Waals surface area contributed by atoms with Crippen LogP contribution in [-0.4, -0.2) is 21.9 Å². The third-order valence-electron chi connectivity index (χ3n) is 5.65. The molecular weight excluding hydrogens is 474 g/mol. The summed E-state index contributed by atoms with van der Waals surface area (Å²) < 4.78 is 8.52. The van der Waals surface area contributed by atoms with Gasteiger partial charge < -0.3 is 4.74 Å². The van der Waals surface area contributed by atoms with Crippen LogP contribution in [0.15, 0.2) is 114 Å². The van der Waals surface area contributed by atoms with Gasteiger partial charge >= 0.3 is 0 Å². The highest BCUT2D eigenvalue weighted by Gasteiger charge is 2.26. The largest absolute Gasteiger partial charge is 0.497 e. The number of rotatable bonds is 6. The van der Waals surface area contributed by atoms with Crippen LogP contribution < -0.4 is 4.74 Å². The van der Waals surface area contributed by atoms with Gasteiger partial charge in [0.1, 0.15) is 11.6 Å². The number of nitrogens with zero attached hydrogens (tertiary/aromatic N) is 3. The molecule has 0 bridgehead atoms. The Balaban J connectivity index is 1.75. The molecule has 0 amide bonds. The molecule has 33 heavy (non-hydrogen) atoms. The Hall–Kier alpha value is -3.70. The quantitative estimate of drug-likeness (QED) is 0.257. The van der Waals surface area contributed by atoms with Crippen molar-refractivity contribution in [1.29, 1.82) is 0 Å². The van der Waals surface area contributed by atoms with Crippen LogP contribution in [0, 0.1) is 0 Å². The molecule has 0 unspecified atom stereocenters. The molecule has 1 heterocycles. The summed E-state index contributed by atoms with van der Waals surface area (Å²) in [6.45, 7) is 0. The first kappa shape index (κ1) is 21.2. The summed E-state index contributed by atoms with van der Waals surface area (Å²) in [5.41, 5.74) is 4.30. The third-order valence-corrected chi connectivity index (χ3v) is 6.17. The second-order valence-electron chi connectivity index (χ2n) is 7.68. The summed E-state index contributed by atoms with van der Waals surface area (Å²) in [4.78, 5) is 0. The summed E-state index contributed by atoms with van der Waals surface area (Å²) >= 11 is 3.55. The predicted molar refractivity (Wildman–Crippen MR) is 135 cm³/mol. The van der Waals surface area contributed by atoms with Crippen molar-refractivity contribution >= 4 is 15.9 Å². The van der Waals surface area contributed by atoms with Gasteiger partial charge in [0, 0.05) is 15.7 Å². The fourth-order valence-corrected chi connectivity index (χ4v) is 4.30. The Kier molecular flexibility index (Phi) is 6.05. The van der Waals surface area contributed by atoms with E-state index in [0.717, 1.165) is 44.2 Å². The smallest absolute Gasteiger partial charge is 0.168 e. The van der Waals surface area contributed by atoms with Crippen LogP contribution in [0.3, 0.4) is 0 Å². The Morgan fingerprint density at radius 2 is 1.27 bits per heavy atom. The van der Waals surface area contributed by atoms with E-state index in [0.29, 0.717) is 0 Å². The topological polar surface area (TPSA) is 39.9 Å². The number of hydrogen-bond acceptors (Lipinski definition) is 3. The number of benzene rings is 4. The van der Waals surface area contributed by atoms with Crippen molar-refractivity contribution in [3.63, 3.8) is 0 Å². The molecule has 0 saturated carbocycles. The molecule has 0 aliphatic rings. The van der Waals surface area contributed by atoms with E-state index in [1.165, 1.54) is 0 Å². The van der Waals surface area contributed by atoms with Crippen molar-refractivity contribution in [2.75, 3.05) is 7.11 Å². The maximum absolute atomic E-state index is 5.34. The third kappa shape index (κ3) is 4.32. The molecule has 0 aliphatic carbocycles. The molecule has 5 aromatic rings. The van der Waals surface area contributed by atoms with E-state index < -0.39 is 0 Å². The molecule has 0 atom stereocenters. The van der Waals surface area contributed by atoms with Crippen LogP contribution in [0.1, 0.15) is 22.9 Å². The molecule has 0 N–H and O–H groups in total. The van der Waals surface area contributed by atoms with Gasteiger partial charge in [-0.2, -0.15) is 0 Å². The first-order valence-electron chi connectivity index (χ1n) is 10.7. The lowest BCUT2D eigenvalue weighted by Crippen LogP contribution is -2.11. The van der Waals surface area contributed by atoms with Gasteiger partial charge in [-0.3, -0.25) is 4.57 Å². The average molecular weight is 496 g/mol. The SMILES string of the molecule is COc1ccc(-c2nnc(C(c3ccccc3)c3ccccc3)n2-c2ccc(Br)cc2)cc1. The molecular formula is C28H22BrN3O. The Bertz CT molecular complexity index is 1290. The van der Waals surface area contributed by atoms with E-state index in [-0.39, 0.29) is 5.92 Å². The molecule has 0 spiro atoms. The number of methoxy groups -OCH3 is 1. The Morgan fingerprint density at radius 1 is 0.697 bits per heavy atom. The Labute approximate surface area is 201 Å². The first-order valence-corrected chi connectivity index (χ1v) is 11.5. The summed E-state index contributed by atoms with van der Waals surface area (Å²) in [5.74, 6) is 2.38. The van der Waals surface area contributed by atoms with E-state index in [4.69, 9.17) is 9.84 Å². The molecule has 1 aromatic heterocycles. The molecule has 4 nitrogen and oxygen atoms in total. The highest BCUT2D eigenvalue weighted by Crippen LogP contribution is 2.35. The van der Waals surface area contributed by atoms with Crippen molar-refractivity contribution in [3.05, 3.63) is 131 Å². The molecule has 0 radical (unpaired) electrons. The molecule has 0 aliphatic heterocycles. The maximum Gasteiger partial charge on any atom is 0.168 e. The number of aromatic nitrogens is 3. The van der Waals surface area contributed by atoms with Crippen LogP contribution in [0.4, 0.5) is 0 Å². The molecule has 0 fully saturated rings.